The summed E-state index contributed by atoms with van der Waals surface area (Å²) in [5.74, 6) is 0.619. The van der Waals surface area contributed by atoms with E-state index in [1.54, 1.807) is 0 Å². The van der Waals surface area contributed by atoms with Crippen LogP contribution in [0.5, 0.6) is 0 Å². The highest BCUT2D eigenvalue weighted by Gasteiger charge is 2.33. The lowest BCUT2D eigenvalue weighted by Crippen LogP contribution is -2.33. The summed E-state index contributed by atoms with van der Waals surface area (Å²) in [5.41, 5.74) is 2.19. The summed E-state index contributed by atoms with van der Waals surface area (Å²) in [4.78, 5) is 2.29. The number of nitrogens with one attached hydrogen (secondary N) is 1. The van der Waals surface area contributed by atoms with Gasteiger partial charge in [-0.15, -0.1) is 0 Å². The van der Waals surface area contributed by atoms with Crippen LogP contribution in [0.25, 0.3) is 0 Å². The van der Waals surface area contributed by atoms with Gasteiger partial charge in [0.2, 0.25) is 3.79 Å². The molecular formula is C17H27Cl3N2. The van der Waals surface area contributed by atoms with Crippen LogP contribution >= 0.6 is 34.8 Å². The zero-order chi connectivity index (χ0) is 16.8. The van der Waals surface area contributed by atoms with Gasteiger partial charge in [-0.1, -0.05) is 60.8 Å². The predicted molar refractivity (Wildman–Crippen MR) is 100 cm³/mol. The van der Waals surface area contributed by atoms with Gasteiger partial charge in [-0.25, -0.2) is 0 Å². The average Bonchev–Trinajstić information content (AvgIpc) is 2.44. The number of rotatable bonds is 8. The minimum Gasteiger partial charge on any atom is -0.372 e. The van der Waals surface area contributed by atoms with Crippen LogP contribution in [-0.2, 0) is 0 Å². The van der Waals surface area contributed by atoms with Crippen LogP contribution in [0.3, 0.4) is 0 Å². The molecule has 0 saturated carbocycles. The van der Waals surface area contributed by atoms with Crippen molar-refractivity contribution in [1.82, 2.24) is 5.32 Å². The highest BCUT2D eigenvalue weighted by atomic mass is 35.6. The normalized spacial score (nSPS) is 13.5. The van der Waals surface area contributed by atoms with Gasteiger partial charge in [-0.2, -0.15) is 0 Å². The van der Waals surface area contributed by atoms with Crippen LogP contribution in [-0.4, -0.2) is 23.4 Å². The summed E-state index contributed by atoms with van der Waals surface area (Å²) in [6, 6.07) is 7.97. The summed E-state index contributed by atoms with van der Waals surface area (Å²) >= 11 is 18.5. The quantitative estimate of drug-likeness (QED) is 0.605. The maximum absolute atomic E-state index is 6.16. The molecule has 0 heterocycles. The summed E-state index contributed by atoms with van der Waals surface area (Å²) in [7, 11) is 0. The number of anilines is 1. The zero-order valence-corrected chi connectivity index (χ0v) is 16.1. The minimum atomic E-state index is -1.37. The first kappa shape index (κ1) is 19.9. The fourth-order valence-electron chi connectivity index (χ4n) is 2.41. The second kappa shape index (κ2) is 9.22. The van der Waals surface area contributed by atoms with E-state index in [1.165, 1.54) is 5.69 Å². The molecule has 0 saturated heterocycles. The second-order valence-corrected chi connectivity index (χ2v) is 8.24. The Hall–Kier alpha value is -0.150. The Morgan fingerprint density at radius 3 is 2.00 bits per heavy atom. The Morgan fingerprint density at radius 1 is 1.05 bits per heavy atom. The van der Waals surface area contributed by atoms with E-state index in [2.05, 4.69) is 50.0 Å². The Labute approximate surface area is 150 Å². The first-order valence-corrected chi connectivity index (χ1v) is 9.08. The van der Waals surface area contributed by atoms with Crippen LogP contribution in [0.2, 0.25) is 0 Å². The van der Waals surface area contributed by atoms with E-state index in [0.717, 1.165) is 31.6 Å². The zero-order valence-electron chi connectivity index (χ0n) is 13.9. The van der Waals surface area contributed by atoms with Gasteiger partial charge in [0.15, 0.2) is 0 Å². The van der Waals surface area contributed by atoms with Gasteiger partial charge in [-0.05, 0) is 50.4 Å². The third kappa shape index (κ3) is 6.16. The Balaban J connectivity index is 2.86. The monoisotopic (exact) mass is 364 g/mol. The van der Waals surface area contributed by atoms with E-state index in [0.29, 0.717) is 5.92 Å². The Kier molecular flexibility index (Phi) is 8.34. The van der Waals surface area contributed by atoms with Gasteiger partial charge in [0, 0.05) is 18.8 Å². The van der Waals surface area contributed by atoms with Crippen molar-refractivity contribution in [2.45, 2.75) is 44.0 Å². The molecule has 1 aromatic carbocycles. The standard InChI is InChI=1S/C17H27Cl3N2/c1-5-22(6-2)15-9-7-14(8-10-15)16(17(18,19)20)21-12-11-13(3)4/h7-10,13,16,21H,5-6,11-12H2,1-4H3/t16-/m1/s1. The van der Waals surface area contributed by atoms with Gasteiger partial charge < -0.3 is 10.2 Å². The topological polar surface area (TPSA) is 15.3 Å². The second-order valence-electron chi connectivity index (χ2n) is 5.88. The third-order valence-electron chi connectivity index (χ3n) is 3.75. The summed E-state index contributed by atoms with van der Waals surface area (Å²) < 4.78 is -1.37. The van der Waals surface area contributed by atoms with Gasteiger partial charge in [0.05, 0.1) is 6.04 Å². The molecule has 0 spiro atoms. The van der Waals surface area contributed by atoms with Crippen LogP contribution in [0.15, 0.2) is 24.3 Å². The van der Waals surface area contributed by atoms with Crippen molar-refractivity contribution in [3.8, 4) is 0 Å². The summed E-state index contributed by atoms with van der Waals surface area (Å²) in [6.45, 7) is 11.5. The first-order valence-electron chi connectivity index (χ1n) is 7.94. The van der Waals surface area contributed by atoms with Crippen LogP contribution in [0.4, 0.5) is 5.69 Å². The number of nitrogens with zero attached hydrogens (tertiary/aromatic N) is 1. The molecule has 0 aliphatic carbocycles. The minimum absolute atomic E-state index is 0.304. The molecule has 1 N–H and O–H groups in total. The van der Waals surface area contributed by atoms with Gasteiger partial charge in [0.25, 0.3) is 0 Å². The number of benzene rings is 1. The highest BCUT2D eigenvalue weighted by Crippen LogP contribution is 2.40. The molecule has 1 aromatic rings. The summed E-state index contributed by atoms with van der Waals surface area (Å²) in [5, 5.41) is 3.37. The van der Waals surface area contributed by atoms with Crippen LogP contribution < -0.4 is 10.2 Å². The van der Waals surface area contributed by atoms with E-state index in [-0.39, 0.29) is 6.04 Å². The van der Waals surface area contributed by atoms with Crippen LogP contribution in [0, 0.1) is 5.92 Å². The van der Waals surface area contributed by atoms with Gasteiger partial charge in [-0.3, -0.25) is 0 Å². The SMILES string of the molecule is CCN(CC)c1ccc([C@@H](NCCC(C)C)C(Cl)(Cl)Cl)cc1. The number of hydrogen-bond acceptors (Lipinski definition) is 2. The van der Waals surface area contributed by atoms with E-state index in [9.17, 15) is 0 Å². The van der Waals surface area contributed by atoms with E-state index >= 15 is 0 Å². The summed E-state index contributed by atoms with van der Waals surface area (Å²) in [6.07, 6.45) is 1.05. The van der Waals surface area contributed by atoms with Crippen molar-refractivity contribution in [2.75, 3.05) is 24.5 Å². The highest BCUT2D eigenvalue weighted by molar-refractivity contribution is 6.68. The predicted octanol–water partition coefficient (Wildman–Crippen LogP) is 5.58. The molecule has 0 amide bonds. The van der Waals surface area contributed by atoms with Crippen molar-refractivity contribution in [3.63, 3.8) is 0 Å². The van der Waals surface area contributed by atoms with Crippen molar-refractivity contribution in [3.05, 3.63) is 29.8 Å². The van der Waals surface area contributed by atoms with E-state index < -0.39 is 3.79 Å². The van der Waals surface area contributed by atoms with E-state index in [4.69, 9.17) is 34.8 Å². The fourth-order valence-corrected chi connectivity index (χ4v) is 3.01. The number of halogens is 3. The Bertz CT molecular complexity index is 423. The van der Waals surface area contributed by atoms with Crippen molar-refractivity contribution in [1.29, 1.82) is 0 Å². The first-order chi connectivity index (χ1) is 10.3. The molecule has 5 heteroatoms. The maximum Gasteiger partial charge on any atom is 0.209 e. The molecule has 0 fully saturated rings. The molecule has 0 aliphatic heterocycles. The number of alkyl halides is 3. The molecule has 22 heavy (non-hydrogen) atoms. The lowest BCUT2D eigenvalue weighted by Gasteiger charge is -2.27. The largest absolute Gasteiger partial charge is 0.372 e. The number of hydrogen-bond donors (Lipinski definition) is 1. The molecule has 1 atom stereocenters. The molecule has 0 unspecified atom stereocenters. The van der Waals surface area contributed by atoms with E-state index in [1.807, 2.05) is 12.1 Å². The molecule has 0 aromatic heterocycles. The van der Waals surface area contributed by atoms with Gasteiger partial charge in [0.1, 0.15) is 0 Å². The lowest BCUT2D eigenvalue weighted by molar-refractivity contribution is 0.481. The molecule has 0 bridgehead atoms. The molecule has 1 rings (SSSR count). The lowest BCUT2D eigenvalue weighted by atomic mass is 10.1. The van der Waals surface area contributed by atoms with Crippen LogP contribution in [0.1, 0.15) is 45.7 Å². The molecular weight excluding hydrogens is 339 g/mol. The van der Waals surface area contributed by atoms with Gasteiger partial charge >= 0.3 is 0 Å². The van der Waals surface area contributed by atoms with Crippen molar-refractivity contribution in [2.24, 2.45) is 5.92 Å². The molecule has 0 radical (unpaired) electrons. The molecule has 0 aliphatic rings. The third-order valence-corrected chi connectivity index (χ3v) is 4.41. The van der Waals surface area contributed by atoms with Crippen molar-refractivity contribution >= 4 is 40.5 Å². The Morgan fingerprint density at radius 2 is 1.59 bits per heavy atom. The van der Waals surface area contributed by atoms with Crippen molar-refractivity contribution < 1.29 is 0 Å². The fraction of sp³-hybridized carbons (Fsp3) is 0.647. The molecule has 2 nitrogen and oxygen atoms in total. The molecule has 126 valence electrons. The smallest absolute Gasteiger partial charge is 0.209 e. The maximum atomic E-state index is 6.16. The average molecular weight is 366 g/mol.